The van der Waals surface area contributed by atoms with E-state index in [-0.39, 0.29) is 28.8 Å². The smallest absolute Gasteiger partial charge is 0.175 e. The second kappa shape index (κ2) is 6.17. The predicted octanol–water partition coefficient (Wildman–Crippen LogP) is 1.93. The van der Waals surface area contributed by atoms with Crippen LogP contribution >= 0.6 is 11.6 Å². The Hall–Kier alpha value is -1.11. The van der Waals surface area contributed by atoms with Gasteiger partial charge in [0.1, 0.15) is 18.2 Å². The third-order valence-electron chi connectivity index (χ3n) is 2.04. The van der Waals surface area contributed by atoms with Gasteiger partial charge in [0.25, 0.3) is 0 Å². The summed E-state index contributed by atoms with van der Waals surface area (Å²) in [5.41, 5.74) is 5.13. The molecular weight excluding hydrogens is 281 g/mol. The fourth-order valence-electron chi connectivity index (χ4n) is 1.16. The first-order valence-corrected chi connectivity index (χ1v) is 7.28. The Morgan fingerprint density at radius 2 is 2.22 bits per heavy atom. The molecule has 0 aliphatic carbocycles. The third kappa shape index (κ3) is 4.29. The highest BCUT2D eigenvalue weighted by Gasteiger charge is 2.11. The first-order valence-electron chi connectivity index (χ1n) is 5.01. The number of sulfone groups is 1. The lowest BCUT2D eigenvalue weighted by Crippen LogP contribution is -2.03. The van der Waals surface area contributed by atoms with Crippen LogP contribution in [0.1, 0.15) is 0 Å². The Bertz CT molecular complexity index is 557. The van der Waals surface area contributed by atoms with Crippen LogP contribution in [0.25, 0.3) is 0 Å². The molecule has 1 aromatic carbocycles. The van der Waals surface area contributed by atoms with E-state index < -0.39 is 15.7 Å². The average molecular weight is 294 g/mol. The van der Waals surface area contributed by atoms with Crippen molar-refractivity contribution >= 4 is 21.4 Å². The van der Waals surface area contributed by atoms with E-state index in [1.165, 1.54) is 24.3 Å². The van der Waals surface area contributed by atoms with E-state index in [4.69, 9.17) is 22.1 Å². The molecule has 4 nitrogen and oxygen atoms in total. The molecule has 18 heavy (non-hydrogen) atoms. The Morgan fingerprint density at radius 3 is 2.72 bits per heavy atom. The van der Waals surface area contributed by atoms with Crippen molar-refractivity contribution in [1.29, 1.82) is 0 Å². The molecule has 1 rings (SSSR count). The molecule has 100 valence electrons. The van der Waals surface area contributed by atoms with Crippen LogP contribution in [0.2, 0.25) is 5.02 Å². The van der Waals surface area contributed by atoms with Crippen molar-refractivity contribution in [1.82, 2.24) is 0 Å². The summed E-state index contributed by atoms with van der Waals surface area (Å²) in [5.74, 6) is -0.301. The van der Waals surface area contributed by atoms with Crippen molar-refractivity contribution in [3.8, 4) is 5.75 Å². The van der Waals surface area contributed by atoms with Gasteiger partial charge in [0.05, 0.1) is 9.92 Å². The lowest BCUT2D eigenvalue weighted by atomic mass is 10.3. The fraction of sp³-hybridized carbons (Fsp3) is 0.273. The molecule has 7 heteroatoms. The van der Waals surface area contributed by atoms with Gasteiger partial charge >= 0.3 is 0 Å². The van der Waals surface area contributed by atoms with Gasteiger partial charge in [-0.1, -0.05) is 11.6 Å². The minimum absolute atomic E-state index is 0.0793. The largest absolute Gasteiger partial charge is 0.485 e. The molecule has 0 aromatic heterocycles. The van der Waals surface area contributed by atoms with Crippen molar-refractivity contribution in [3.05, 3.63) is 35.1 Å². The van der Waals surface area contributed by atoms with Crippen LogP contribution < -0.4 is 10.5 Å². The molecule has 0 aliphatic rings. The third-order valence-corrected chi connectivity index (χ3v) is 3.44. The zero-order chi connectivity index (χ0) is 13.8. The van der Waals surface area contributed by atoms with Crippen LogP contribution in [0.15, 0.2) is 35.0 Å². The second-order valence-electron chi connectivity index (χ2n) is 3.54. The molecule has 0 heterocycles. The Balaban J connectivity index is 2.84. The van der Waals surface area contributed by atoms with Gasteiger partial charge in [0, 0.05) is 12.8 Å². The highest BCUT2D eigenvalue weighted by Crippen LogP contribution is 2.27. The van der Waals surface area contributed by atoms with Crippen LogP contribution in [-0.4, -0.2) is 27.8 Å². The average Bonchev–Trinajstić information content (AvgIpc) is 2.26. The Labute approximate surface area is 110 Å². The second-order valence-corrected chi connectivity index (χ2v) is 5.96. The van der Waals surface area contributed by atoms with Gasteiger partial charge in [0.15, 0.2) is 9.84 Å². The van der Waals surface area contributed by atoms with E-state index in [1.54, 1.807) is 0 Å². The standard InChI is InChI=1S/C11H13ClFNO3S/c1-18(15,16)9-2-3-11(10(12)6-9)17-7-8(13)4-5-14/h2-4,6H,5,7,14H2,1H3. The molecule has 0 saturated heterocycles. The van der Waals surface area contributed by atoms with Gasteiger partial charge in [-0.15, -0.1) is 0 Å². The molecule has 2 N–H and O–H groups in total. The summed E-state index contributed by atoms with van der Waals surface area (Å²) >= 11 is 5.84. The monoisotopic (exact) mass is 293 g/mol. The van der Waals surface area contributed by atoms with Gasteiger partial charge in [0.2, 0.25) is 0 Å². The number of benzene rings is 1. The zero-order valence-corrected chi connectivity index (χ0v) is 11.3. The van der Waals surface area contributed by atoms with Crippen LogP contribution in [0.3, 0.4) is 0 Å². The van der Waals surface area contributed by atoms with E-state index >= 15 is 0 Å². The van der Waals surface area contributed by atoms with Gasteiger partial charge in [-0.25, -0.2) is 12.8 Å². The Morgan fingerprint density at radius 1 is 1.56 bits per heavy atom. The first kappa shape index (κ1) is 14.9. The highest BCUT2D eigenvalue weighted by molar-refractivity contribution is 7.90. The van der Waals surface area contributed by atoms with Crippen molar-refractivity contribution in [3.63, 3.8) is 0 Å². The molecule has 0 saturated carbocycles. The predicted molar refractivity (Wildman–Crippen MR) is 68.3 cm³/mol. The fourth-order valence-corrected chi connectivity index (χ4v) is 2.11. The van der Waals surface area contributed by atoms with Gasteiger partial charge in [-0.05, 0) is 24.3 Å². The zero-order valence-electron chi connectivity index (χ0n) is 9.69. The number of ether oxygens (including phenoxy) is 1. The highest BCUT2D eigenvalue weighted by atomic mass is 35.5. The molecule has 1 aromatic rings. The molecule has 0 spiro atoms. The maximum Gasteiger partial charge on any atom is 0.175 e. The number of nitrogens with two attached hydrogens (primary N) is 1. The topological polar surface area (TPSA) is 69.4 Å². The molecule has 0 radical (unpaired) electrons. The maximum absolute atomic E-state index is 13.0. The van der Waals surface area contributed by atoms with Crippen molar-refractivity contribution in [2.45, 2.75) is 4.90 Å². The summed E-state index contributed by atoms with van der Waals surface area (Å²) in [6.45, 7) is -0.217. The molecule has 0 fully saturated rings. The Kier molecular flexibility index (Phi) is 5.13. The minimum Gasteiger partial charge on any atom is -0.485 e. The molecule has 0 amide bonds. The minimum atomic E-state index is -3.32. The molecule has 0 aliphatic heterocycles. The summed E-state index contributed by atoms with van der Waals surface area (Å²) in [4.78, 5) is 0.0813. The van der Waals surface area contributed by atoms with Crippen LogP contribution in [0.5, 0.6) is 5.75 Å². The molecule has 0 atom stereocenters. The van der Waals surface area contributed by atoms with Crippen molar-refractivity contribution < 1.29 is 17.5 Å². The van der Waals surface area contributed by atoms with E-state index in [0.717, 1.165) is 6.26 Å². The summed E-state index contributed by atoms with van der Waals surface area (Å²) < 4.78 is 40.6. The van der Waals surface area contributed by atoms with Crippen molar-refractivity contribution in [2.24, 2.45) is 5.73 Å². The van der Waals surface area contributed by atoms with E-state index in [0.29, 0.717) is 0 Å². The number of halogens is 2. The van der Waals surface area contributed by atoms with Gasteiger partial charge in [-0.2, -0.15) is 0 Å². The van der Waals surface area contributed by atoms with E-state index in [1.807, 2.05) is 0 Å². The van der Waals surface area contributed by atoms with Crippen molar-refractivity contribution in [2.75, 3.05) is 19.4 Å². The lowest BCUT2D eigenvalue weighted by molar-refractivity contribution is 0.318. The van der Waals surface area contributed by atoms with Crippen LogP contribution in [0.4, 0.5) is 4.39 Å². The maximum atomic E-state index is 13.0. The summed E-state index contributed by atoms with van der Waals surface area (Å²) in [5, 5.41) is 0.110. The lowest BCUT2D eigenvalue weighted by Gasteiger charge is -2.08. The molecular formula is C11H13ClFNO3S. The first-order chi connectivity index (χ1) is 8.34. The van der Waals surface area contributed by atoms with E-state index in [2.05, 4.69) is 0 Å². The molecule has 0 bridgehead atoms. The molecule has 0 unspecified atom stereocenters. The van der Waals surface area contributed by atoms with Crippen LogP contribution in [-0.2, 0) is 9.84 Å². The van der Waals surface area contributed by atoms with Crippen LogP contribution in [0, 0.1) is 0 Å². The number of hydrogen-bond donors (Lipinski definition) is 1. The van der Waals surface area contributed by atoms with Gasteiger partial charge in [-0.3, -0.25) is 0 Å². The SMILES string of the molecule is CS(=O)(=O)c1ccc(OCC(F)=CCN)c(Cl)c1. The quantitative estimate of drug-likeness (QED) is 0.900. The van der Waals surface area contributed by atoms with Gasteiger partial charge < -0.3 is 10.5 Å². The normalized spacial score (nSPS) is 12.6. The van der Waals surface area contributed by atoms with E-state index in [9.17, 15) is 12.8 Å². The summed E-state index contributed by atoms with van der Waals surface area (Å²) in [7, 11) is -3.32. The summed E-state index contributed by atoms with van der Waals surface area (Å²) in [6, 6.07) is 3.99. The number of hydrogen-bond acceptors (Lipinski definition) is 4. The summed E-state index contributed by atoms with van der Waals surface area (Å²) in [6.07, 6.45) is 2.25. The number of rotatable bonds is 5.